The zero-order valence-electron chi connectivity index (χ0n) is 17.2. The maximum atomic E-state index is 5.74. The molecule has 6 nitrogen and oxygen atoms in total. The van der Waals surface area contributed by atoms with E-state index in [0.29, 0.717) is 25.7 Å². The number of methoxy groups -OCH3 is 1. The number of hydrogen-bond donors (Lipinski definition) is 2. The molecule has 0 saturated heterocycles. The average molecular weight is 518 g/mol. The second-order valence-corrected chi connectivity index (χ2v) is 8.09. The molecule has 0 atom stereocenters. The van der Waals surface area contributed by atoms with Gasteiger partial charge in [-0.25, -0.2) is 4.98 Å². The number of guanidine groups is 1. The molecule has 1 heterocycles. The quantitative estimate of drug-likeness (QED) is 0.230. The summed E-state index contributed by atoms with van der Waals surface area (Å²) in [6.07, 6.45) is 0.863. The fourth-order valence-electron chi connectivity index (χ4n) is 2.27. The van der Waals surface area contributed by atoms with Gasteiger partial charge >= 0.3 is 0 Å². The number of rotatable bonds is 8. The molecule has 1 aromatic carbocycles. The smallest absolute Gasteiger partial charge is 0.195 e. The van der Waals surface area contributed by atoms with Crippen molar-refractivity contribution >= 4 is 47.0 Å². The molecule has 0 saturated carbocycles. The zero-order valence-corrected chi connectivity index (χ0v) is 20.4. The molecular weight excluding hydrogens is 487 g/mol. The first-order valence-corrected chi connectivity index (χ1v) is 9.94. The lowest BCUT2D eigenvalue weighted by Crippen LogP contribution is -2.30. The Labute approximate surface area is 189 Å². The minimum atomic E-state index is 0. The van der Waals surface area contributed by atoms with E-state index in [1.54, 1.807) is 25.5 Å². The number of hydrogen-bond acceptors (Lipinski definition) is 5. The van der Waals surface area contributed by atoms with Crippen LogP contribution in [0.1, 0.15) is 37.9 Å². The Morgan fingerprint density at radius 3 is 2.68 bits per heavy atom. The molecule has 0 aliphatic carbocycles. The van der Waals surface area contributed by atoms with Crippen LogP contribution in [0.15, 0.2) is 34.6 Å². The van der Waals surface area contributed by atoms with Gasteiger partial charge in [0.15, 0.2) is 5.96 Å². The molecule has 156 valence electrons. The van der Waals surface area contributed by atoms with Gasteiger partial charge in [-0.3, -0.25) is 4.99 Å². The van der Waals surface area contributed by atoms with Gasteiger partial charge in [0.05, 0.1) is 18.8 Å². The lowest BCUT2D eigenvalue weighted by atomic mass is 9.93. The van der Waals surface area contributed by atoms with Gasteiger partial charge in [-0.2, -0.15) is 0 Å². The molecule has 0 bridgehead atoms. The summed E-state index contributed by atoms with van der Waals surface area (Å²) in [6, 6.07) is 7.84. The number of benzene rings is 1. The normalized spacial score (nSPS) is 11.7. The Kier molecular flexibility index (Phi) is 10.8. The van der Waals surface area contributed by atoms with Gasteiger partial charge in [-0.1, -0.05) is 26.8 Å². The Balaban J connectivity index is 0.00000392. The van der Waals surface area contributed by atoms with Gasteiger partial charge in [-0.05, 0) is 12.1 Å². The first kappa shape index (κ1) is 24.6. The molecule has 28 heavy (non-hydrogen) atoms. The highest BCUT2D eigenvalue weighted by molar-refractivity contribution is 14.0. The summed E-state index contributed by atoms with van der Waals surface area (Å²) in [5.74, 6) is 1.51. The maximum absolute atomic E-state index is 5.74. The van der Waals surface area contributed by atoms with E-state index in [1.807, 2.05) is 24.3 Å². The number of anilines is 1. The second kappa shape index (κ2) is 12.2. The van der Waals surface area contributed by atoms with Crippen LogP contribution in [-0.4, -0.2) is 38.3 Å². The van der Waals surface area contributed by atoms with Crippen LogP contribution < -0.4 is 15.4 Å². The summed E-state index contributed by atoms with van der Waals surface area (Å²) in [6.45, 7) is 8.47. The number of nitrogens with zero attached hydrogens (tertiary/aromatic N) is 2. The highest BCUT2D eigenvalue weighted by Crippen LogP contribution is 2.23. The maximum Gasteiger partial charge on any atom is 0.195 e. The molecule has 2 aromatic rings. The van der Waals surface area contributed by atoms with Crippen LogP contribution in [0.2, 0.25) is 0 Å². The van der Waals surface area contributed by atoms with Crippen LogP contribution in [-0.2, 0) is 16.7 Å². The predicted octanol–water partition coefficient (Wildman–Crippen LogP) is 4.66. The second-order valence-electron chi connectivity index (χ2n) is 7.15. The van der Waals surface area contributed by atoms with Crippen molar-refractivity contribution in [1.29, 1.82) is 0 Å². The first-order chi connectivity index (χ1) is 12.9. The van der Waals surface area contributed by atoms with Crippen molar-refractivity contribution in [1.82, 2.24) is 10.3 Å². The number of aromatic nitrogens is 1. The topological polar surface area (TPSA) is 67.8 Å². The summed E-state index contributed by atoms with van der Waals surface area (Å²) < 4.78 is 10.8. The highest BCUT2D eigenvalue weighted by Gasteiger charge is 2.17. The lowest BCUT2D eigenvalue weighted by molar-refractivity contribution is 0.172. The number of halogens is 1. The van der Waals surface area contributed by atoms with Crippen molar-refractivity contribution < 1.29 is 9.47 Å². The summed E-state index contributed by atoms with van der Waals surface area (Å²) in [7, 11) is 3.45. The highest BCUT2D eigenvalue weighted by atomic mass is 127. The van der Waals surface area contributed by atoms with Crippen LogP contribution >= 0.6 is 35.3 Å². The summed E-state index contributed by atoms with van der Waals surface area (Å²) >= 11 is 1.66. The minimum absolute atomic E-state index is 0. The fourth-order valence-corrected chi connectivity index (χ4v) is 3.23. The van der Waals surface area contributed by atoms with Gasteiger partial charge < -0.3 is 20.1 Å². The van der Waals surface area contributed by atoms with Crippen LogP contribution in [0.25, 0.3) is 0 Å². The molecule has 2 rings (SSSR count). The Morgan fingerprint density at radius 1 is 1.25 bits per heavy atom. The van der Waals surface area contributed by atoms with E-state index in [4.69, 9.17) is 14.5 Å². The Hall–Kier alpha value is -1.39. The number of ether oxygens (including phenoxy) is 2. The third-order valence-corrected chi connectivity index (χ3v) is 4.66. The van der Waals surface area contributed by atoms with Crippen molar-refractivity contribution in [3.63, 3.8) is 0 Å². The monoisotopic (exact) mass is 518 g/mol. The number of thiazole rings is 1. The van der Waals surface area contributed by atoms with Crippen LogP contribution in [0, 0.1) is 0 Å². The van der Waals surface area contributed by atoms with E-state index in [0.717, 1.165) is 28.6 Å². The summed E-state index contributed by atoms with van der Waals surface area (Å²) in [4.78, 5) is 8.98. The minimum Gasteiger partial charge on any atom is -0.493 e. The first-order valence-electron chi connectivity index (χ1n) is 9.06. The lowest BCUT2D eigenvalue weighted by Gasteiger charge is -2.14. The van der Waals surface area contributed by atoms with Crippen molar-refractivity contribution in [2.75, 3.05) is 32.7 Å². The third-order valence-electron chi connectivity index (χ3n) is 3.81. The van der Waals surface area contributed by atoms with Gasteiger partial charge in [0.25, 0.3) is 0 Å². The molecule has 2 N–H and O–H groups in total. The Bertz CT molecular complexity index is 744. The Morgan fingerprint density at radius 2 is 2.04 bits per heavy atom. The largest absolute Gasteiger partial charge is 0.493 e. The molecule has 0 aliphatic rings. The molecule has 0 unspecified atom stereocenters. The molecule has 0 amide bonds. The van der Waals surface area contributed by atoms with Crippen molar-refractivity contribution in [2.45, 2.75) is 39.2 Å². The van der Waals surface area contributed by atoms with Crippen LogP contribution in [0.3, 0.4) is 0 Å². The van der Waals surface area contributed by atoms with E-state index < -0.39 is 0 Å². The summed E-state index contributed by atoms with van der Waals surface area (Å²) in [5, 5.41) is 9.76. The molecule has 0 spiro atoms. The fraction of sp³-hybridized carbons (Fsp3) is 0.500. The van der Waals surface area contributed by atoms with Crippen molar-refractivity contribution in [2.24, 2.45) is 4.99 Å². The van der Waals surface area contributed by atoms with E-state index in [-0.39, 0.29) is 29.4 Å². The SMILES string of the molecule is CN=C(NCc1nc(C(C)(C)C)cs1)Nc1cccc(OCCCOC)c1.I. The van der Waals surface area contributed by atoms with Gasteiger partial charge in [0.1, 0.15) is 10.8 Å². The predicted molar refractivity (Wildman–Crippen MR) is 128 cm³/mol. The van der Waals surface area contributed by atoms with E-state index in [9.17, 15) is 0 Å². The van der Waals surface area contributed by atoms with E-state index >= 15 is 0 Å². The number of nitrogens with one attached hydrogen (secondary N) is 2. The molecule has 1 aromatic heterocycles. The molecule has 0 radical (unpaired) electrons. The average Bonchev–Trinajstić information content (AvgIpc) is 3.12. The van der Waals surface area contributed by atoms with Crippen LogP contribution in [0.5, 0.6) is 5.75 Å². The van der Waals surface area contributed by atoms with Crippen molar-refractivity contribution in [3.05, 3.63) is 40.3 Å². The zero-order chi connectivity index (χ0) is 19.7. The molecular formula is C20H31IN4O2S. The van der Waals surface area contributed by atoms with Crippen molar-refractivity contribution in [3.8, 4) is 5.75 Å². The van der Waals surface area contributed by atoms with E-state index in [2.05, 4.69) is 41.8 Å². The summed E-state index contributed by atoms with van der Waals surface area (Å²) in [5.41, 5.74) is 2.10. The molecule has 8 heteroatoms. The molecule has 0 aliphatic heterocycles. The third kappa shape index (κ3) is 8.32. The van der Waals surface area contributed by atoms with Gasteiger partial charge in [0.2, 0.25) is 0 Å². The van der Waals surface area contributed by atoms with Gasteiger partial charge in [-0.15, -0.1) is 35.3 Å². The number of aliphatic imine (C=N–C) groups is 1. The standard InChI is InChI=1S/C20H30N4O2S.HI/c1-20(2,3)17-14-27-18(24-17)13-22-19(21-4)23-15-8-6-9-16(12-15)26-11-7-10-25-5;/h6,8-9,12,14H,7,10-11,13H2,1-5H3,(H2,21,22,23);1H. The van der Waals surface area contributed by atoms with Crippen LogP contribution in [0.4, 0.5) is 5.69 Å². The molecule has 0 fully saturated rings. The van der Waals surface area contributed by atoms with Gasteiger partial charge in [0, 0.05) is 49.7 Å². The van der Waals surface area contributed by atoms with E-state index in [1.165, 1.54) is 0 Å².